The largest absolute Gasteiger partial charge is 0.198 e. The van der Waals surface area contributed by atoms with Crippen LogP contribution >= 0.6 is 0 Å². The smallest absolute Gasteiger partial charge is 0.0930 e. The SMILES string of the molecule is N#CC1c2ccccc2C2C3C1C1Cc4ccccc4C2(C#N)C13. The highest BCUT2D eigenvalue weighted by Gasteiger charge is 2.79. The second kappa shape index (κ2) is 3.90. The molecule has 0 amide bonds. The van der Waals surface area contributed by atoms with E-state index < -0.39 is 0 Å². The van der Waals surface area contributed by atoms with Gasteiger partial charge in [-0.1, -0.05) is 48.5 Å². The van der Waals surface area contributed by atoms with E-state index in [0.717, 1.165) is 6.42 Å². The van der Waals surface area contributed by atoms with E-state index in [9.17, 15) is 10.5 Å². The molecule has 24 heavy (non-hydrogen) atoms. The third-order valence-corrected chi connectivity index (χ3v) is 7.51. The minimum absolute atomic E-state index is 0.00524. The molecule has 7 unspecified atom stereocenters. The molecule has 2 heteroatoms. The first kappa shape index (κ1) is 12.8. The Morgan fingerprint density at radius 2 is 1.67 bits per heavy atom. The molecule has 0 heterocycles. The number of fused-ring (bicyclic) bond motifs is 6. The van der Waals surface area contributed by atoms with E-state index in [2.05, 4.69) is 54.6 Å². The van der Waals surface area contributed by atoms with Crippen LogP contribution in [-0.4, -0.2) is 0 Å². The summed E-state index contributed by atoms with van der Waals surface area (Å²) >= 11 is 0. The van der Waals surface area contributed by atoms with Crippen LogP contribution in [0.2, 0.25) is 0 Å². The highest BCUT2D eigenvalue weighted by molar-refractivity contribution is 5.60. The second-order valence-electron chi connectivity index (χ2n) is 7.90. The van der Waals surface area contributed by atoms with Crippen molar-refractivity contribution in [3.8, 4) is 12.1 Å². The summed E-state index contributed by atoms with van der Waals surface area (Å²) in [7, 11) is 0. The monoisotopic (exact) mass is 308 g/mol. The summed E-state index contributed by atoms with van der Waals surface area (Å²) in [6, 6.07) is 22.3. The predicted octanol–water partition coefficient (Wildman–Crippen LogP) is 3.90. The quantitative estimate of drug-likeness (QED) is 0.741. The molecule has 114 valence electrons. The molecular formula is C22H16N2. The van der Waals surface area contributed by atoms with Crippen molar-refractivity contribution in [2.24, 2.45) is 23.7 Å². The number of nitrogens with zero attached hydrogens (tertiary/aromatic N) is 2. The minimum Gasteiger partial charge on any atom is -0.198 e. The van der Waals surface area contributed by atoms with Crippen LogP contribution in [-0.2, 0) is 11.8 Å². The van der Waals surface area contributed by atoms with Gasteiger partial charge in [0.05, 0.1) is 23.5 Å². The van der Waals surface area contributed by atoms with Gasteiger partial charge in [-0.05, 0) is 52.3 Å². The van der Waals surface area contributed by atoms with Crippen LogP contribution in [0.4, 0.5) is 0 Å². The zero-order valence-corrected chi connectivity index (χ0v) is 13.2. The van der Waals surface area contributed by atoms with E-state index in [1.54, 1.807) is 0 Å². The van der Waals surface area contributed by atoms with E-state index in [1.807, 2.05) is 6.07 Å². The summed E-state index contributed by atoms with van der Waals surface area (Å²) in [4.78, 5) is 0. The Bertz CT molecular complexity index is 966. The van der Waals surface area contributed by atoms with Crippen LogP contribution in [0.1, 0.15) is 34.1 Å². The Morgan fingerprint density at radius 1 is 0.917 bits per heavy atom. The molecule has 0 aliphatic heterocycles. The molecule has 2 saturated carbocycles. The lowest BCUT2D eigenvalue weighted by atomic mass is 9.24. The van der Waals surface area contributed by atoms with Crippen LogP contribution in [0.25, 0.3) is 0 Å². The van der Waals surface area contributed by atoms with Gasteiger partial charge >= 0.3 is 0 Å². The van der Waals surface area contributed by atoms with Gasteiger partial charge in [0.15, 0.2) is 0 Å². The van der Waals surface area contributed by atoms with Crippen molar-refractivity contribution >= 4 is 0 Å². The zero-order chi connectivity index (χ0) is 16.1. The van der Waals surface area contributed by atoms with Crippen LogP contribution in [0, 0.1) is 46.3 Å². The van der Waals surface area contributed by atoms with Crippen molar-refractivity contribution in [2.75, 3.05) is 0 Å². The molecule has 4 aliphatic rings. The summed E-state index contributed by atoms with van der Waals surface area (Å²) in [6.45, 7) is 0. The standard InChI is InChI=1S/C22H16N2/c23-10-16-13-6-2-3-7-14(13)20-19-18(16)15-9-12-5-1-4-8-17(12)22(20,11-24)21(15)19/h1-8,15-16,18-21H,9H2. The number of hydrogen-bond donors (Lipinski definition) is 0. The molecule has 0 N–H and O–H groups in total. The molecule has 2 aromatic carbocycles. The van der Waals surface area contributed by atoms with Crippen molar-refractivity contribution in [3.05, 3.63) is 70.8 Å². The Kier molecular flexibility index (Phi) is 2.08. The summed E-state index contributed by atoms with van der Waals surface area (Å²) in [5, 5.41) is 20.2. The maximum atomic E-state index is 10.3. The molecule has 0 saturated heterocycles. The summed E-state index contributed by atoms with van der Waals surface area (Å²) < 4.78 is 0. The van der Waals surface area contributed by atoms with E-state index in [4.69, 9.17) is 0 Å². The van der Waals surface area contributed by atoms with E-state index in [1.165, 1.54) is 22.3 Å². The normalized spacial score (nSPS) is 42.1. The maximum Gasteiger partial charge on any atom is 0.0930 e. The van der Waals surface area contributed by atoms with Gasteiger partial charge in [-0.3, -0.25) is 0 Å². The molecule has 2 fully saturated rings. The van der Waals surface area contributed by atoms with Gasteiger partial charge < -0.3 is 0 Å². The number of rotatable bonds is 0. The lowest BCUT2D eigenvalue weighted by Gasteiger charge is -2.76. The molecule has 0 spiro atoms. The predicted molar refractivity (Wildman–Crippen MR) is 88.9 cm³/mol. The molecule has 0 aromatic heterocycles. The lowest BCUT2D eigenvalue weighted by molar-refractivity contribution is -0.193. The first-order chi connectivity index (χ1) is 11.8. The first-order valence-corrected chi connectivity index (χ1v) is 8.81. The van der Waals surface area contributed by atoms with E-state index in [-0.39, 0.29) is 17.3 Å². The average Bonchev–Trinajstić information content (AvgIpc) is 2.60. The average molecular weight is 308 g/mol. The zero-order valence-electron chi connectivity index (χ0n) is 13.2. The fraction of sp³-hybridized carbons (Fsp3) is 0.364. The van der Waals surface area contributed by atoms with Crippen molar-refractivity contribution in [3.63, 3.8) is 0 Å². The van der Waals surface area contributed by atoms with Crippen molar-refractivity contribution in [2.45, 2.75) is 23.7 Å². The van der Waals surface area contributed by atoms with Crippen molar-refractivity contribution in [1.29, 1.82) is 10.5 Å². The highest BCUT2D eigenvalue weighted by Crippen LogP contribution is 2.81. The van der Waals surface area contributed by atoms with Crippen LogP contribution < -0.4 is 0 Å². The van der Waals surface area contributed by atoms with Crippen LogP contribution in [0.15, 0.2) is 48.5 Å². The molecule has 4 aliphatic carbocycles. The molecular weight excluding hydrogens is 292 g/mol. The van der Waals surface area contributed by atoms with E-state index >= 15 is 0 Å². The summed E-state index contributed by atoms with van der Waals surface area (Å²) in [5.74, 6) is 2.20. The molecule has 0 bridgehead atoms. The topological polar surface area (TPSA) is 47.6 Å². The van der Waals surface area contributed by atoms with Gasteiger partial charge in [-0.2, -0.15) is 10.5 Å². The molecule has 6 rings (SSSR count). The highest BCUT2D eigenvalue weighted by atomic mass is 14.8. The van der Waals surface area contributed by atoms with Crippen molar-refractivity contribution in [1.82, 2.24) is 0 Å². The maximum absolute atomic E-state index is 10.3. The Balaban J connectivity index is 1.68. The Hall–Kier alpha value is -2.58. The van der Waals surface area contributed by atoms with Crippen LogP contribution in [0.5, 0.6) is 0 Å². The van der Waals surface area contributed by atoms with Crippen molar-refractivity contribution < 1.29 is 0 Å². The molecule has 2 nitrogen and oxygen atoms in total. The fourth-order valence-electron chi connectivity index (χ4n) is 6.90. The fourth-order valence-corrected chi connectivity index (χ4v) is 6.90. The molecule has 2 aromatic rings. The third kappa shape index (κ3) is 1.07. The Morgan fingerprint density at radius 3 is 2.46 bits per heavy atom. The van der Waals surface area contributed by atoms with Gasteiger partial charge in [-0.25, -0.2) is 0 Å². The molecule has 7 atom stereocenters. The number of nitriles is 2. The van der Waals surface area contributed by atoms with Gasteiger partial charge in [0.2, 0.25) is 0 Å². The van der Waals surface area contributed by atoms with Crippen LogP contribution in [0.3, 0.4) is 0 Å². The number of hydrogen-bond acceptors (Lipinski definition) is 2. The third-order valence-electron chi connectivity index (χ3n) is 7.51. The Labute approximate surface area is 141 Å². The van der Waals surface area contributed by atoms with Gasteiger partial charge in [-0.15, -0.1) is 0 Å². The summed E-state index contributed by atoms with van der Waals surface area (Å²) in [5.41, 5.74) is 4.69. The lowest BCUT2D eigenvalue weighted by Crippen LogP contribution is -2.75. The number of benzene rings is 2. The minimum atomic E-state index is -0.364. The van der Waals surface area contributed by atoms with Gasteiger partial charge in [0, 0.05) is 5.92 Å². The first-order valence-electron chi connectivity index (χ1n) is 8.81. The second-order valence-corrected chi connectivity index (χ2v) is 7.90. The van der Waals surface area contributed by atoms with Gasteiger partial charge in [0.1, 0.15) is 0 Å². The van der Waals surface area contributed by atoms with E-state index in [0.29, 0.717) is 23.7 Å². The summed E-state index contributed by atoms with van der Waals surface area (Å²) in [6.07, 6.45) is 1.04. The molecule has 0 radical (unpaired) electrons. The van der Waals surface area contributed by atoms with Gasteiger partial charge in [0.25, 0.3) is 0 Å².